The zero-order valence-corrected chi connectivity index (χ0v) is 15.0. The summed E-state index contributed by atoms with van der Waals surface area (Å²) in [5.41, 5.74) is 0. The highest BCUT2D eigenvalue weighted by atomic mass is 32.2. The fourth-order valence-electron chi connectivity index (χ4n) is 3.39. The number of fused-ring (bicyclic) bond motifs is 1. The molecule has 2 atom stereocenters. The zero-order valence-electron chi connectivity index (χ0n) is 14.2. The molecule has 0 unspecified atom stereocenters. The molecule has 0 aromatic carbocycles. The third-order valence-electron chi connectivity index (χ3n) is 4.75. The summed E-state index contributed by atoms with van der Waals surface area (Å²) >= 11 is 1.78. The first-order valence-electron chi connectivity index (χ1n) is 8.61. The molecule has 1 saturated heterocycles. The average Bonchev–Trinajstić information content (AvgIpc) is 3.31. The Bertz CT molecular complexity index is 745. The number of hydrogen-bond donors (Lipinski definition) is 0. The molecule has 4 heterocycles. The Hall–Kier alpha value is -2.09. The topological polar surface area (TPSA) is 73.1 Å². The minimum Gasteiger partial charge on any atom is -0.484 e. The second-order valence-electron chi connectivity index (χ2n) is 6.31. The van der Waals surface area contributed by atoms with Gasteiger partial charge in [0.15, 0.2) is 11.6 Å². The van der Waals surface area contributed by atoms with Crippen molar-refractivity contribution < 1.29 is 9.53 Å². The van der Waals surface area contributed by atoms with Crippen molar-refractivity contribution in [3.8, 4) is 5.75 Å². The number of hydrogen-bond acceptors (Lipinski definition) is 6. The highest BCUT2D eigenvalue weighted by Gasteiger charge is 2.35. The van der Waals surface area contributed by atoms with Gasteiger partial charge in [0.25, 0.3) is 0 Å². The summed E-state index contributed by atoms with van der Waals surface area (Å²) in [7, 11) is 0. The van der Waals surface area contributed by atoms with Crippen molar-refractivity contribution in [2.75, 3.05) is 12.3 Å². The molecule has 7 nitrogen and oxygen atoms in total. The third-order valence-corrected chi connectivity index (χ3v) is 6.12. The maximum Gasteiger partial charge on any atom is 0.236 e. The summed E-state index contributed by atoms with van der Waals surface area (Å²) in [6.45, 7) is 3.78. The van der Waals surface area contributed by atoms with Gasteiger partial charge in [-0.2, -0.15) is 0 Å². The summed E-state index contributed by atoms with van der Waals surface area (Å²) in [4.78, 5) is 18.7. The van der Waals surface area contributed by atoms with Crippen LogP contribution in [0.1, 0.15) is 37.5 Å². The van der Waals surface area contributed by atoms with Crippen molar-refractivity contribution in [3.05, 3.63) is 36.2 Å². The highest BCUT2D eigenvalue weighted by molar-refractivity contribution is 8.00. The fraction of sp³-hybridized carbons (Fsp3) is 0.529. The number of aromatic nitrogens is 4. The molecule has 1 amide bonds. The zero-order chi connectivity index (χ0) is 17.2. The Morgan fingerprint density at radius 3 is 3.08 bits per heavy atom. The number of nitrogens with zero attached hydrogens (tertiary/aromatic N) is 5. The molecule has 0 bridgehead atoms. The highest BCUT2D eigenvalue weighted by Crippen LogP contribution is 2.32. The van der Waals surface area contributed by atoms with E-state index in [1.54, 1.807) is 24.2 Å². The molecule has 2 aromatic rings. The van der Waals surface area contributed by atoms with Crippen LogP contribution < -0.4 is 4.74 Å². The van der Waals surface area contributed by atoms with Gasteiger partial charge in [0.05, 0.1) is 17.5 Å². The van der Waals surface area contributed by atoms with Crippen LogP contribution in [0.5, 0.6) is 5.75 Å². The van der Waals surface area contributed by atoms with Gasteiger partial charge in [-0.05, 0) is 37.7 Å². The van der Waals surface area contributed by atoms with Gasteiger partial charge in [0.1, 0.15) is 12.4 Å². The number of pyridine rings is 1. The second-order valence-corrected chi connectivity index (χ2v) is 7.62. The van der Waals surface area contributed by atoms with Crippen LogP contribution in [0.3, 0.4) is 0 Å². The average molecular weight is 359 g/mol. The predicted octanol–water partition coefficient (Wildman–Crippen LogP) is 2.05. The number of rotatable bonds is 4. The Balaban J connectivity index is 1.46. The van der Waals surface area contributed by atoms with E-state index in [9.17, 15) is 4.79 Å². The maximum atomic E-state index is 12.8. The van der Waals surface area contributed by atoms with Crippen LogP contribution in [0, 0.1) is 0 Å². The standard InChI is InChI=1S/C17H21N5O2S/c1-12-16-20-19-15(11-24-13-4-2-6-18-10-13)22(16)8-7-21(12)17(23)14-5-3-9-25-14/h2,4,6,10,12,14H,3,5,7-9,11H2,1H3/t12-,14-/m1/s1. The van der Waals surface area contributed by atoms with E-state index < -0.39 is 0 Å². The molecule has 0 aliphatic carbocycles. The van der Waals surface area contributed by atoms with Crippen LogP contribution in [-0.4, -0.2) is 48.1 Å². The summed E-state index contributed by atoms with van der Waals surface area (Å²) < 4.78 is 7.81. The quantitative estimate of drug-likeness (QED) is 0.832. The molecule has 2 aliphatic rings. The fourth-order valence-corrected chi connectivity index (χ4v) is 4.62. The number of amides is 1. The normalized spacial score (nSPS) is 22.7. The van der Waals surface area contributed by atoms with E-state index in [4.69, 9.17) is 4.74 Å². The van der Waals surface area contributed by atoms with E-state index in [1.807, 2.05) is 24.0 Å². The van der Waals surface area contributed by atoms with Crippen molar-refractivity contribution in [1.82, 2.24) is 24.6 Å². The first-order chi connectivity index (χ1) is 12.2. The molecule has 4 rings (SSSR count). The lowest BCUT2D eigenvalue weighted by molar-refractivity contribution is -0.134. The van der Waals surface area contributed by atoms with Gasteiger partial charge in [0.2, 0.25) is 5.91 Å². The Morgan fingerprint density at radius 2 is 2.32 bits per heavy atom. The van der Waals surface area contributed by atoms with Gasteiger partial charge in [-0.1, -0.05) is 0 Å². The lowest BCUT2D eigenvalue weighted by Crippen LogP contribution is -2.44. The van der Waals surface area contributed by atoms with E-state index >= 15 is 0 Å². The lowest BCUT2D eigenvalue weighted by atomic mass is 10.1. The molecule has 2 aromatic heterocycles. The molecule has 25 heavy (non-hydrogen) atoms. The second kappa shape index (κ2) is 7.03. The van der Waals surface area contributed by atoms with E-state index in [1.165, 1.54) is 0 Å². The molecular weight excluding hydrogens is 338 g/mol. The Kier molecular flexibility index (Phi) is 4.61. The molecule has 8 heteroatoms. The first-order valence-corrected chi connectivity index (χ1v) is 9.66. The molecule has 0 saturated carbocycles. The van der Waals surface area contributed by atoms with Gasteiger partial charge in [0, 0.05) is 19.3 Å². The molecule has 0 radical (unpaired) electrons. The summed E-state index contributed by atoms with van der Waals surface area (Å²) in [6, 6.07) is 3.64. The van der Waals surface area contributed by atoms with Gasteiger partial charge in [-0.15, -0.1) is 22.0 Å². The smallest absolute Gasteiger partial charge is 0.236 e. The van der Waals surface area contributed by atoms with Gasteiger partial charge < -0.3 is 14.2 Å². The molecule has 0 N–H and O–H groups in total. The predicted molar refractivity (Wildman–Crippen MR) is 94.2 cm³/mol. The maximum absolute atomic E-state index is 12.8. The Labute approximate surface area is 150 Å². The molecule has 1 fully saturated rings. The van der Waals surface area contributed by atoms with E-state index in [0.29, 0.717) is 25.4 Å². The van der Waals surface area contributed by atoms with Gasteiger partial charge in [-0.3, -0.25) is 9.78 Å². The molecule has 132 valence electrons. The van der Waals surface area contributed by atoms with Crippen molar-refractivity contribution in [1.29, 1.82) is 0 Å². The molecular formula is C17H21N5O2S. The van der Waals surface area contributed by atoms with Crippen LogP contribution in [-0.2, 0) is 17.9 Å². The molecule has 2 aliphatic heterocycles. The number of ether oxygens (including phenoxy) is 1. The monoisotopic (exact) mass is 359 g/mol. The summed E-state index contributed by atoms with van der Waals surface area (Å²) in [5.74, 6) is 3.67. The van der Waals surface area contributed by atoms with Crippen molar-refractivity contribution in [3.63, 3.8) is 0 Å². The van der Waals surface area contributed by atoms with E-state index in [-0.39, 0.29) is 17.2 Å². The van der Waals surface area contributed by atoms with Crippen LogP contribution in [0.15, 0.2) is 24.5 Å². The minimum absolute atomic E-state index is 0.0536. The van der Waals surface area contributed by atoms with Crippen LogP contribution in [0.4, 0.5) is 0 Å². The summed E-state index contributed by atoms with van der Waals surface area (Å²) in [6.07, 6.45) is 5.51. The minimum atomic E-state index is -0.0536. The van der Waals surface area contributed by atoms with Gasteiger partial charge in [-0.25, -0.2) is 0 Å². The van der Waals surface area contributed by atoms with Crippen molar-refractivity contribution >= 4 is 17.7 Å². The largest absolute Gasteiger partial charge is 0.484 e. The third kappa shape index (κ3) is 3.22. The number of carbonyl (C=O) groups excluding carboxylic acids is 1. The van der Waals surface area contributed by atoms with Crippen LogP contribution in [0.25, 0.3) is 0 Å². The van der Waals surface area contributed by atoms with Gasteiger partial charge >= 0.3 is 0 Å². The van der Waals surface area contributed by atoms with E-state index in [2.05, 4.69) is 19.7 Å². The van der Waals surface area contributed by atoms with Crippen molar-refractivity contribution in [2.24, 2.45) is 0 Å². The number of thioether (sulfide) groups is 1. The number of carbonyl (C=O) groups is 1. The summed E-state index contributed by atoms with van der Waals surface area (Å²) in [5, 5.41) is 8.72. The van der Waals surface area contributed by atoms with Crippen molar-refractivity contribution in [2.45, 2.75) is 44.2 Å². The first kappa shape index (κ1) is 16.4. The van der Waals surface area contributed by atoms with Crippen LogP contribution >= 0.6 is 11.8 Å². The Morgan fingerprint density at radius 1 is 1.40 bits per heavy atom. The van der Waals surface area contributed by atoms with Crippen LogP contribution in [0.2, 0.25) is 0 Å². The van der Waals surface area contributed by atoms with E-state index in [0.717, 1.165) is 30.2 Å². The molecule has 0 spiro atoms. The SMILES string of the molecule is C[C@@H]1c2nnc(COc3cccnc3)n2CCN1C(=O)[C@H]1CCCS1. The lowest BCUT2D eigenvalue weighted by Gasteiger charge is -2.35.